The first-order valence-corrected chi connectivity index (χ1v) is 10.6. The highest BCUT2D eigenvalue weighted by Gasteiger charge is 2.23. The summed E-state index contributed by atoms with van der Waals surface area (Å²) in [5.74, 6) is 0.767. The lowest BCUT2D eigenvalue weighted by atomic mass is 10.3. The van der Waals surface area contributed by atoms with Crippen LogP contribution in [-0.2, 0) is 13.1 Å². The molecule has 0 bridgehead atoms. The van der Waals surface area contributed by atoms with Gasteiger partial charge in [-0.15, -0.1) is 34.0 Å². The van der Waals surface area contributed by atoms with Gasteiger partial charge < -0.3 is 9.32 Å². The van der Waals surface area contributed by atoms with E-state index in [1.165, 1.54) is 11.3 Å². The lowest BCUT2D eigenvalue weighted by Gasteiger charge is -2.20. The standard InChI is InChI=1S/C19H16N2O2S3/c1-13-17(26-18(20-13)16-7-4-10-25-16)19(22)21(11-14-5-2-8-23-14)12-15-6-3-9-24-15/h2-10H,11-12H2,1H3. The van der Waals surface area contributed by atoms with Gasteiger partial charge in [-0.2, -0.15) is 0 Å². The SMILES string of the molecule is Cc1nc(-c2cccs2)sc1C(=O)N(Cc1ccco1)Cc1cccs1. The zero-order valence-electron chi connectivity index (χ0n) is 14.0. The van der Waals surface area contributed by atoms with E-state index in [4.69, 9.17) is 4.42 Å². The lowest BCUT2D eigenvalue weighted by Crippen LogP contribution is -2.29. The molecule has 1 amide bonds. The van der Waals surface area contributed by atoms with Crippen molar-refractivity contribution >= 4 is 39.9 Å². The second-order valence-electron chi connectivity index (χ2n) is 5.73. The summed E-state index contributed by atoms with van der Waals surface area (Å²) < 4.78 is 5.46. The number of aryl methyl sites for hydroxylation is 1. The Morgan fingerprint density at radius 2 is 1.96 bits per heavy atom. The fourth-order valence-electron chi connectivity index (χ4n) is 2.62. The lowest BCUT2D eigenvalue weighted by molar-refractivity contribution is 0.0723. The molecule has 0 aliphatic rings. The topological polar surface area (TPSA) is 46.3 Å². The zero-order chi connectivity index (χ0) is 17.9. The number of carbonyl (C=O) groups excluding carboxylic acids is 1. The zero-order valence-corrected chi connectivity index (χ0v) is 16.5. The van der Waals surface area contributed by atoms with Gasteiger partial charge in [-0.25, -0.2) is 4.98 Å². The van der Waals surface area contributed by atoms with Crippen molar-refractivity contribution in [1.82, 2.24) is 9.88 Å². The smallest absolute Gasteiger partial charge is 0.266 e. The maximum absolute atomic E-state index is 13.3. The van der Waals surface area contributed by atoms with Crippen molar-refractivity contribution in [3.8, 4) is 9.88 Å². The van der Waals surface area contributed by atoms with Crippen LogP contribution in [0, 0.1) is 6.92 Å². The van der Waals surface area contributed by atoms with E-state index in [-0.39, 0.29) is 5.91 Å². The van der Waals surface area contributed by atoms with Crippen LogP contribution in [0.3, 0.4) is 0 Å². The minimum Gasteiger partial charge on any atom is -0.467 e. The third-order valence-corrected chi connectivity index (χ3v) is 6.91. The van der Waals surface area contributed by atoms with Crippen LogP contribution < -0.4 is 0 Å². The van der Waals surface area contributed by atoms with Gasteiger partial charge in [0.2, 0.25) is 0 Å². The Labute approximate surface area is 163 Å². The fraction of sp³-hybridized carbons (Fsp3) is 0.158. The molecule has 26 heavy (non-hydrogen) atoms. The predicted molar refractivity (Wildman–Crippen MR) is 107 cm³/mol. The van der Waals surface area contributed by atoms with Gasteiger partial charge in [0.25, 0.3) is 5.91 Å². The molecule has 4 aromatic rings. The summed E-state index contributed by atoms with van der Waals surface area (Å²) in [5.41, 5.74) is 0.777. The molecule has 0 spiro atoms. The van der Waals surface area contributed by atoms with Crippen LogP contribution in [0.1, 0.15) is 26.0 Å². The minimum absolute atomic E-state index is 0.00685. The van der Waals surface area contributed by atoms with Crippen LogP contribution in [0.2, 0.25) is 0 Å². The highest BCUT2D eigenvalue weighted by atomic mass is 32.1. The second-order valence-corrected chi connectivity index (χ2v) is 8.71. The van der Waals surface area contributed by atoms with Crippen molar-refractivity contribution < 1.29 is 9.21 Å². The van der Waals surface area contributed by atoms with E-state index in [2.05, 4.69) is 4.98 Å². The molecule has 4 heterocycles. The summed E-state index contributed by atoms with van der Waals surface area (Å²) in [6.45, 7) is 2.90. The van der Waals surface area contributed by atoms with Crippen molar-refractivity contribution in [3.05, 3.63) is 74.6 Å². The van der Waals surface area contributed by atoms with Gasteiger partial charge in [0.15, 0.2) is 0 Å². The number of thiazole rings is 1. The molecule has 132 valence electrons. The molecule has 0 fully saturated rings. The number of rotatable bonds is 6. The van der Waals surface area contributed by atoms with E-state index in [1.807, 2.05) is 59.0 Å². The highest BCUT2D eigenvalue weighted by molar-refractivity contribution is 7.22. The molecular weight excluding hydrogens is 384 g/mol. The van der Waals surface area contributed by atoms with Crippen molar-refractivity contribution in [3.63, 3.8) is 0 Å². The number of hydrogen-bond acceptors (Lipinski definition) is 6. The minimum atomic E-state index is -0.00685. The third-order valence-electron chi connectivity index (χ3n) is 3.86. The molecular formula is C19H16N2O2S3. The number of thiophene rings is 2. The van der Waals surface area contributed by atoms with Crippen molar-refractivity contribution in [2.24, 2.45) is 0 Å². The van der Waals surface area contributed by atoms with Gasteiger partial charge in [0.05, 0.1) is 29.9 Å². The Morgan fingerprint density at radius 1 is 1.12 bits per heavy atom. The molecule has 0 aliphatic heterocycles. The van der Waals surface area contributed by atoms with Crippen molar-refractivity contribution in [1.29, 1.82) is 0 Å². The van der Waals surface area contributed by atoms with Gasteiger partial charge in [0, 0.05) is 4.88 Å². The van der Waals surface area contributed by atoms with Crippen molar-refractivity contribution in [2.45, 2.75) is 20.0 Å². The maximum Gasteiger partial charge on any atom is 0.266 e. The number of aromatic nitrogens is 1. The van der Waals surface area contributed by atoms with Crippen molar-refractivity contribution in [2.75, 3.05) is 0 Å². The van der Waals surface area contributed by atoms with Crippen LogP contribution in [-0.4, -0.2) is 15.8 Å². The maximum atomic E-state index is 13.3. The molecule has 4 nitrogen and oxygen atoms in total. The highest BCUT2D eigenvalue weighted by Crippen LogP contribution is 2.32. The Bertz CT molecular complexity index is 934. The van der Waals surface area contributed by atoms with Gasteiger partial charge in [-0.05, 0) is 41.9 Å². The van der Waals surface area contributed by atoms with E-state index >= 15 is 0 Å². The average molecular weight is 401 g/mol. The molecule has 0 N–H and O–H groups in total. The van der Waals surface area contributed by atoms with Crippen LogP contribution in [0.5, 0.6) is 0 Å². The molecule has 0 unspecified atom stereocenters. The average Bonchev–Trinajstić information content (AvgIpc) is 3.41. The largest absolute Gasteiger partial charge is 0.467 e. The Morgan fingerprint density at radius 3 is 2.65 bits per heavy atom. The van der Waals surface area contributed by atoms with Crippen LogP contribution >= 0.6 is 34.0 Å². The molecule has 4 rings (SSSR count). The number of hydrogen-bond donors (Lipinski definition) is 0. The van der Waals surface area contributed by atoms with E-state index in [9.17, 15) is 4.79 Å². The first kappa shape index (κ1) is 17.2. The summed E-state index contributed by atoms with van der Waals surface area (Å²) in [7, 11) is 0. The molecule has 0 aliphatic carbocycles. The summed E-state index contributed by atoms with van der Waals surface area (Å²) >= 11 is 4.74. The van der Waals surface area contributed by atoms with Gasteiger partial charge >= 0.3 is 0 Å². The molecule has 0 saturated heterocycles. The summed E-state index contributed by atoms with van der Waals surface area (Å²) in [4.78, 5) is 22.6. The summed E-state index contributed by atoms with van der Waals surface area (Å²) in [6.07, 6.45) is 1.63. The molecule has 4 aromatic heterocycles. The van der Waals surface area contributed by atoms with E-state index in [0.29, 0.717) is 18.0 Å². The monoisotopic (exact) mass is 400 g/mol. The van der Waals surface area contributed by atoms with Gasteiger partial charge in [-0.1, -0.05) is 12.1 Å². The first-order valence-electron chi connectivity index (χ1n) is 8.06. The Kier molecular flexibility index (Phi) is 5.01. The molecule has 0 saturated carbocycles. The third kappa shape index (κ3) is 3.65. The number of furan rings is 1. The van der Waals surface area contributed by atoms with Crippen LogP contribution in [0.15, 0.2) is 57.8 Å². The summed E-state index contributed by atoms with van der Waals surface area (Å²) in [5, 5.41) is 4.94. The molecule has 0 radical (unpaired) electrons. The quantitative estimate of drug-likeness (QED) is 0.418. The Balaban J connectivity index is 1.63. The number of carbonyl (C=O) groups is 1. The normalized spacial score (nSPS) is 11.0. The second kappa shape index (κ2) is 7.57. The number of amides is 1. The first-order chi connectivity index (χ1) is 12.7. The van der Waals surface area contributed by atoms with Gasteiger partial charge in [0.1, 0.15) is 15.6 Å². The fourth-order valence-corrected chi connectivity index (χ4v) is 5.18. The van der Waals surface area contributed by atoms with Crippen LogP contribution in [0.25, 0.3) is 9.88 Å². The Hall–Kier alpha value is -2.22. The van der Waals surface area contributed by atoms with E-state index in [1.54, 1.807) is 28.9 Å². The molecule has 0 atom stereocenters. The molecule has 0 aromatic carbocycles. The van der Waals surface area contributed by atoms with Gasteiger partial charge in [-0.3, -0.25) is 4.79 Å². The van der Waals surface area contributed by atoms with E-state index < -0.39 is 0 Å². The summed E-state index contributed by atoms with van der Waals surface area (Å²) in [6, 6.07) is 11.8. The molecule has 7 heteroatoms. The predicted octanol–water partition coefficient (Wildman–Crippen LogP) is 5.68. The number of nitrogens with zero attached hydrogens (tertiary/aromatic N) is 2. The van der Waals surface area contributed by atoms with Crippen LogP contribution in [0.4, 0.5) is 0 Å². The van der Waals surface area contributed by atoms with E-state index in [0.717, 1.165) is 26.2 Å².